The van der Waals surface area contributed by atoms with Crippen LogP contribution in [-0.4, -0.2) is 58.2 Å². The fraction of sp³-hybridized carbons (Fsp3) is 0.346. The Hall–Kier alpha value is -2.92. The van der Waals surface area contributed by atoms with Gasteiger partial charge < -0.3 is 14.8 Å². The van der Waals surface area contributed by atoms with Crippen molar-refractivity contribution in [1.29, 1.82) is 0 Å². The molecule has 1 aromatic heterocycles. The Bertz CT molecular complexity index is 1390. The van der Waals surface area contributed by atoms with Crippen LogP contribution >= 0.6 is 0 Å². The molecule has 0 unspecified atom stereocenters. The number of benzene rings is 2. The molecule has 190 valence electrons. The van der Waals surface area contributed by atoms with Crippen molar-refractivity contribution in [2.45, 2.75) is 22.8 Å². The van der Waals surface area contributed by atoms with Gasteiger partial charge in [-0.15, -0.1) is 0 Å². The molecule has 0 radical (unpaired) electrons. The largest absolute Gasteiger partial charge is 0.382 e. The second kappa shape index (κ2) is 9.85. The number of sulfone groups is 1. The van der Waals surface area contributed by atoms with Crippen LogP contribution in [0.5, 0.6) is 0 Å². The van der Waals surface area contributed by atoms with Crippen molar-refractivity contribution in [3.63, 3.8) is 0 Å². The predicted octanol–water partition coefficient (Wildman–Crippen LogP) is 3.57. The summed E-state index contributed by atoms with van der Waals surface area (Å²) in [6, 6.07) is 10.5. The molecule has 0 spiro atoms. The zero-order chi connectivity index (χ0) is 25.3. The summed E-state index contributed by atoms with van der Waals surface area (Å²) in [5.74, 6) is -0.927. The first-order valence-corrected chi connectivity index (χ1v) is 13.2. The van der Waals surface area contributed by atoms with Gasteiger partial charge in [-0.1, -0.05) is 5.57 Å². The Balaban J connectivity index is 1.66. The first-order valence-electron chi connectivity index (χ1n) is 11.7. The second-order valence-corrected chi connectivity index (χ2v) is 11.0. The maximum atomic E-state index is 13.7. The molecule has 3 aromatic rings. The van der Waals surface area contributed by atoms with Crippen molar-refractivity contribution in [3.05, 3.63) is 77.0 Å². The molecular weight excluding hydrogens is 488 g/mol. The number of piperidine rings is 1. The van der Waals surface area contributed by atoms with E-state index in [2.05, 4.69) is 10.4 Å². The number of halogens is 2. The fourth-order valence-corrected chi connectivity index (χ4v) is 6.32. The van der Waals surface area contributed by atoms with Crippen molar-refractivity contribution >= 4 is 15.9 Å². The molecule has 0 saturated carbocycles. The van der Waals surface area contributed by atoms with Gasteiger partial charge in [0, 0.05) is 24.6 Å². The van der Waals surface area contributed by atoms with Crippen LogP contribution in [0.15, 0.2) is 64.0 Å². The number of nitrogens with one attached hydrogen (secondary N) is 1. The summed E-state index contributed by atoms with van der Waals surface area (Å²) in [4.78, 5) is -0.0441. The van der Waals surface area contributed by atoms with Crippen LogP contribution < -0.4 is 5.32 Å². The highest BCUT2D eigenvalue weighted by molar-refractivity contribution is 7.91. The minimum atomic E-state index is -4.07. The van der Waals surface area contributed by atoms with Gasteiger partial charge in [0.15, 0.2) is 5.03 Å². The topological polar surface area (TPSA) is 82.4 Å². The van der Waals surface area contributed by atoms with Crippen molar-refractivity contribution in [3.8, 4) is 5.69 Å². The minimum Gasteiger partial charge on any atom is -0.382 e. The quantitative estimate of drug-likeness (QED) is 0.365. The van der Waals surface area contributed by atoms with E-state index in [4.69, 9.17) is 9.47 Å². The van der Waals surface area contributed by atoms with Crippen LogP contribution in [0, 0.1) is 17.0 Å². The Morgan fingerprint density at radius 2 is 1.75 bits per heavy atom. The summed E-state index contributed by atoms with van der Waals surface area (Å²) in [6.07, 6.45) is 3.17. The van der Waals surface area contributed by atoms with Gasteiger partial charge in [-0.25, -0.2) is 21.9 Å². The van der Waals surface area contributed by atoms with Crippen molar-refractivity contribution in [1.82, 2.24) is 15.1 Å². The molecule has 1 N–H and O–H groups in total. The number of hydrogen-bond acceptors (Lipinski definition) is 6. The Morgan fingerprint density at radius 3 is 2.44 bits per heavy atom. The summed E-state index contributed by atoms with van der Waals surface area (Å²) in [7, 11) is -2.46. The first kappa shape index (κ1) is 24.8. The number of aromatic nitrogens is 2. The zero-order valence-electron chi connectivity index (χ0n) is 19.8. The monoisotopic (exact) mass is 515 g/mol. The van der Waals surface area contributed by atoms with Gasteiger partial charge in [0.05, 0.1) is 36.1 Å². The van der Waals surface area contributed by atoms with Crippen LogP contribution in [0.25, 0.3) is 11.8 Å². The molecule has 1 aliphatic carbocycles. The molecule has 5 rings (SSSR count). The third-order valence-corrected chi connectivity index (χ3v) is 8.52. The molecule has 36 heavy (non-hydrogen) atoms. The number of methoxy groups -OCH3 is 1. The normalized spacial score (nSPS) is 19.5. The summed E-state index contributed by atoms with van der Waals surface area (Å²) >= 11 is 0. The van der Waals surface area contributed by atoms with E-state index < -0.39 is 26.9 Å². The van der Waals surface area contributed by atoms with Crippen molar-refractivity contribution in [2.24, 2.45) is 5.41 Å². The molecule has 0 bridgehead atoms. The van der Waals surface area contributed by atoms with E-state index in [0.717, 1.165) is 30.7 Å². The maximum Gasteiger partial charge on any atom is 0.225 e. The molecule has 0 amide bonds. The molecule has 7 nitrogen and oxygen atoms in total. The highest BCUT2D eigenvalue weighted by Crippen LogP contribution is 2.45. The Kier molecular flexibility index (Phi) is 6.78. The number of hydrogen-bond donors (Lipinski definition) is 1. The lowest BCUT2D eigenvalue weighted by Crippen LogP contribution is -2.48. The number of nitrogens with zero attached hydrogens (tertiary/aromatic N) is 2. The second-order valence-electron chi connectivity index (χ2n) is 9.11. The lowest BCUT2D eigenvalue weighted by Gasteiger charge is -2.42. The van der Waals surface area contributed by atoms with Crippen LogP contribution in [-0.2, 0) is 25.7 Å². The van der Waals surface area contributed by atoms with Crippen molar-refractivity contribution < 1.29 is 26.7 Å². The smallest absolute Gasteiger partial charge is 0.225 e. The molecule has 1 atom stereocenters. The third-order valence-electron chi connectivity index (χ3n) is 6.79. The van der Waals surface area contributed by atoms with Gasteiger partial charge in [-0.3, -0.25) is 0 Å². The molecule has 1 fully saturated rings. The number of ether oxygens (including phenoxy) is 2. The van der Waals surface area contributed by atoms with Crippen molar-refractivity contribution in [2.75, 3.05) is 40.0 Å². The summed E-state index contributed by atoms with van der Waals surface area (Å²) < 4.78 is 67.3. The first-order chi connectivity index (χ1) is 17.3. The highest BCUT2D eigenvalue weighted by Gasteiger charge is 2.44. The predicted molar refractivity (Wildman–Crippen MR) is 130 cm³/mol. The minimum absolute atomic E-state index is 0.0441. The van der Waals surface area contributed by atoms with Crippen LogP contribution in [0.2, 0.25) is 0 Å². The van der Waals surface area contributed by atoms with E-state index in [-0.39, 0.29) is 9.92 Å². The highest BCUT2D eigenvalue weighted by atomic mass is 32.2. The van der Waals surface area contributed by atoms with E-state index >= 15 is 0 Å². The molecule has 10 heteroatoms. The Morgan fingerprint density at radius 1 is 1.06 bits per heavy atom. The summed E-state index contributed by atoms with van der Waals surface area (Å²) in [6.45, 7) is 2.70. The van der Waals surface area contributed by atoms with Gasteiger partial charge >= 0.3 is 0 Å². The van der Waals surface area contributed by atoms with E-state index in [1.54, 1.807) is 23.9 Å². The number of rotatable bonds is 8. The SMILES string of the molecule is COCCOC[C@@]12CNCCC1=Cc1c(c(S(=O)(=O)c3ccc(F)cc3)nn1-c1ccc(F)cc1)C2. The lowest BCUT2D eigenvalue weighted by molar-refractivity contribution is 0.0232. The third kappa shape index (κ3) is 4.50. The zero-order valence-corrected chi connectivity index (χ0v) is 20.7. The molecule has 2 heterocycles. The van der Waals surface area contributed by atoms with Gasteiger partial charge in [0.25, 0.3) is 0 Å². The number of fused-ring (bicyclic) bond motifs is 2. The average molecular weight is 516 g/mol. The van der Waals surface area contributed by atoms with Crippen LogP contribution in [0.1, 0.15) is 17.7 Å². The van der Waals surface area contributed by atoms with E-state index in [9.17, 15) is 17.2 Å². The van der Waals surface area contributed by atoms with E-state index in [1.807, 2.05) is 6.08 Å². The van der Waals surface area contributed by atoms with Gasteiger partial charge in [0.1, 0.15) is 11.6 Å². The fourth-order valence-electron chi connectivity index (χ4n) is 4.92. The molecule has 2 aliphatic rings. The van der Waals surface area contributed by atoms with Gasteiger partial charge in [-0.2, -0.15) is 5.10 Å². The van der Waals surface area contributed by atoms with Gasteiger partial charge in [0.2, 0.25) is 9.84 Å². The van der Waals surface area contributed by atoms with Crippen LogP contribution in [0.3, 0.4) is 0 Å². The average Bonchev–Trinajstić information content (AvgIpc) is 3.24. The lowest BCUT2D eigenvalue weighted by atomic mass is 9.69. The van der Waals surface area contributed by atoms with E-state index in [1.165, 1.54) is 24.3 Å². The standard InChI is InChI=1S/C26H27F2N3O4S/c1-34-12-13-35-17-26-15-23-24(14-18(26)10-11-29-16-26)31(21-6-2-19(27)3-7-21)30-25(23)36(32,33)22-8-4-20(28)5-9-22/h2-9,14,29H,10-13,15-17H2,1H3/t26-/m1/s1. The molecule has 1 aliphatic heterocycles. The Labute approximate surface area is 208 Å². The van der Waals surface area contributed by atoms with Gasteiger partial charge in [-0.05, 0) is 74.0 Å². The maximum absolute atomic E-state index is 13.7. The molecule has 1 saturated heterocycles. The summed E-state index contributed by atoms with van der Waals surface area (Å²) in [5.41, 5.74) is 2.46. The van der Waals surface area contributed by atoms with E-state index in [0.29, 0.717) is 49.7 Å². The van der Waals surface area contributed by atoms with Crippen LogP contribution in [0.4, 0.5) is 8.78 Å². The molecule has 2 aromatic carbocycles. The molecular formula is C26H27F2N3O4S. The summed E-state index contributed by atoms with van der Waals surface area (Å²) in [5, 5.41) is 7.88.